The second kappa shape index (κ2) is 10.6. The lowest BCUT2D eigenvalue weighted by atomic mass is 9.90. The standard InChI is InChI=1S/C23H25FN2O5S/c1-31-23-9-6-19(7-10-23)20-11-13-25(14-12-20)32(29,30)16-22(26(28)17-27)8-5-18-3-2-4-21(24)15-18/h2-4,6-7,9-10,15,17,20,22,28H,11-14,16H2,1H3. The van der Waals surface area contributed by atoms with Crippen molar-refractivity contribution in [3.05, 3.63) is 65.5 Å². The summed E-state index contributed by atoms with van der Waals surface area (Å²) in [5.74, 6) is 5.14. The van der Waals surface area contributed by atoms with Crippen molar-refractivity contribution in [2.24, 2.45) is 0 Å². The highest BCUT2D eigenvalue weighted by Gasteiger charge is 2.32. The summed E-state index contributed by atoms with van der Waals surface area (Å²) in [6.07, 6.45) is 1.42. The number of rotatable bonds is 7. The van der Waals surface area contributed by atoms with Crippen LogP contribution in [0, 0.1) is 17.7 Å². The summed E-state index contributed by atoms with van der Waals surface area (Å²) < 4.78 is 45.7. The van der Waals surface area contributed by atoms with Gasteiger partial charge in [0, 0.05) is 18.7 Å². The Morgan fingerprint density at radius 2 is 1.94 bits per heavy atom. The van der Waals surface area contributed by atoms with Crippen LogP contribution in [-0.4, -0.2) is 61.4 Å². The number of halogens is 1. The molecule has 1 saturated heterocycles. The van der Waals surface area contributed by atoms with Gasteiger partial charge < -0.3 is 4.74 Å². The van der Waals surface area contributed by atoms with E-state index in [0.717, 1.165) is 11.3 Å². The molecule has 0 radical (unpaired) electrons. The molecule has 1 fully saturated rings. The molecule has 0 aromatic heterocycles. The number of amides is 1. The van der Waals surface area contributed by atoms with Gasteiger partial charge >= 0.3 is 0 Å². The quantitative estimate of drug-likeness (QED) is 0.297. The van der Waals surface area contributed by atoms with Crippen LogP contribution in [0.25, 0.3) is 0 Å². The van der Waals surface area contributed by atoms with Crippen LogP contribution in [0.1, 0.15) is 29.9 Å². The lowest BCUT2D eigenvalue weighted by Crippen LogP contribution is -2.44. The summed E-state index contributed by atoms with van der Waals surface area (Å²) in [5, 5.41) is 10.1. The maximum atomic E-state index is 13.3. The zero-order valence-corrected chi connectivity index (χ0v) is 18.5. The van der Waals surface area contributed by atoms with Gasteiger partial charge in [-0.25, -0.2) is 22.2 Å². The molecule has 1 heterocycles. The molecule has 1 atom stereocenters. The zero-order valence-electron chi connectivity index (χ0n) is 17.6. The second-order valence-electron chi connectivity index (χ2n) is 7.51. The van der Waals surface area contributed by atoms with Gasteiger partial charge in [0.05, 0.1) is 12.9 Å². The Labute approximate surface area is 187 Å². The first kappa shape index (κ1) is 23.7. The summed E-state index contributed by atoms with van der Waals surface area (Å²) in [5.41, 5.74) is 1.44. The Kier molecular flexibility index (Phi) is 7.85. The number of ether oxygens (including phenoxy) is 1. The Morgan fingerprint density at radius 3 is 2.53 bits per heavy atom. The predicted molar refractivity (Wildman–Crippen MR) is 117 cm³/mol. The van der Waals surface area contributed by atoms with Crippen LogP contribution in [0.4, 0.5) is 4.39 Å². The van der Waals surface area contributed by atoms with Crippen LogP contribution < -0.4 is 4.74 Å². The highest BCUT2D eigenvalue weighted by molar-refractivity contribution is 7.89. The summed E-state index contributed by atoms with van der Waals surface area (Å²) in [6.45, 7) is 0.658. The molecule has 0 spiro atoms. The van der Waals surface area contributed by atoms with E-state index in [1.807, 2.05) is 24.3 Å². The van der Waals surface area contributed by atoms with Crippen LogP contribution in [-0.2, 0) is 14.8 Å². The molecule has 1 N–H and O–H groups in total. The van der Waals surface area contributed by atoms with Crippen molar-refractivity contribution in [3.8, 4) is 17.6 Å². The molecule has 9 heteroatoms. The molecule has 1 unspecified atom stereocenters. The number of hydroxylamine groups is 2. The summed E-state index contributed by atoms with van der Waals surface area (Å²) >= 11 is 0. The predicted octanol–water partition coefficient (Wildman–Crippen LogP) is 2.61. The molecule has 3 rings (SSSR count). The molecule has 0 bridgehead atoms. The van der Waals surface area contributed by atoms with Crippen LogP contribution >= 0.6 is 0 Å². The molecule has 2 aromatic carbocycles. The van der Waals surface area contributed by atoms with Gasteiger partial charge in [0.1, 0.15) is 17.6 Å². The van der Waals surface area contributed by atoms with Gasteiger partial charge in [-0.1, -0.05) is 30.0 Å². The third-order valence-electron chi connectivity index (χ3n) is 5.44. The number of nitrogens with zero attached hydrogens (tertiary/aromatic N) is 2. The SMILES string of the molecule is COc1ccc(C2CCN(S(=O)(=O)CC(C#Cc3cccc(F)c3)N(O)C=O)CC2)cc1. The topological polar surface area (TPSA) is 87.2 Å². The van der Waals surface area contributed by atoms with E-state index in [-0.39, 0.29) is 17.4 Å². The average Bonchev–Trinajstić information content (AvgIpc) is 2.81. The number of methoxy groups -OCH3 is 1. The Morgan fingerprint density at radius 1 is 1.25 bits per heavy atom. The van der Waals surface area contributed by atoms with Gasteiger partial charge in [0.25, 0.3) is 0 Å². The molecule has 1 aliphatic heterocycles. The van der Waals surface area contributed by atoms with Gasteiger partial charge in [0.15, 0.2) is 0 Å². The minimum atomic E-state index is -3.79. The summed E-state index contributed by atoms with van der Waals surface area (Å²) in [4.78, 5) is 11.1. The number of piperidine rings is 1. The lowest BCUT2D eigenvalue weighted by Gasteiger charge is -2.32. The maximum Gasteiger partial charge on any atom is 0.234 e. The van der Waals surface area contributed by atoms with Crippen molar-refractivity contribution >= 4 is 16.4 Å². The molecule has 2 aromatic rings. The lowest BCUT2D eigenvalue weighted by molar-refractivity contribution is -0.153. The van der Waals surface area contributed by atoms with E-state index in [4.69, 9.17) is 4.74 Å². The van der Waals surface area contributed by atoms with E-state index in [0.29, 0.717) is 31.5 Å². The van der Waals surface area contributed by atoms with Gasteiger partial charge in [-0.2, -0.15) is 0 Å². The fourth-order valence-corrected chi connectivity index (χ4v) is 5.25. The zero-order chi connectivity index (χ0) is 23.1. The molecule has 32 heavy (non-hydrogen) atoms. The molecule has 0 saturated carbocycles. The molecule has 1 aliphatic rings. The minimum absolute atomic E-state index is 0.107. The first-order valence-corrected chi connectivity index (χ1v) is 11.7. The van der Waals surface area contributed by atoms with Crippen LogP contribution in [0.5, 0.6) is 5.75 Å². The molecular formula is C23H25FN2O5S. The van der Waals surface area contributed by atoms with Gasteiger partial charge in [-0.15, -0.1) is 0 Å². The summed E-state index contributed by atoms with van der Waals surface area (Å²) in [7, 11) is -2.19. The number of hydrogen-bond acceptors (Lipinski definition) is 5. The van der Waals surface area contributed by atoms with Crippen LogP contribution in [0.15, 0.2) is 48.5 Å². The van der Waals surface area contributed by atoms with Gasteiger partial charge in [0.2, 0.25) is 16.4 Å². The number of benzene rings is 2. The maximum absolute atomic E-state index is 13.3. The minimum Gasteiger partial charge on any atom is -0.497 e. The second-order valence-corrected chi connectivity index (χ2v) is 9.52. The van der Waals surface area contributed by atoms with E-state index in [1.165, 1.54) is 22.5 Å². The van der Waals surface area contributed by atoms with Crippen molar-refractivity contribution in [1.82, 2.24) is 9.37 Å². The fourth-order valence-electron chi connectivity index (χ4n) is 3.64. The summed E-state index contributed by atoms with van der Waals surface area (Å²) in [6, 6.07) is 11.9. The fraction of sp³-hybridized carbons (Fsp3) is 0.348. The smallest absolute Gasteiger partial charge is 0.234 e. The average molecular weight is 461 g/mol. The van der Waals surface area contributed by atoms with Crippen LogP contribution in [0.3, 0.4) is 0 Å². The molecular weight excluding hydrogens is 435 g/mol. The largest absolute Gasteiger partial charge is 0.497 e. The van der Waals surface area contributed by atoms with Gasteiger partial charge in [-0.05, 0) is 54.7 Å². The third kappa shape index (κ3) is 6.07. The number of carbonyl (C=O) groups excluding carboxylic acids is 1. The number of hydrogen-bond donors (Lipinski definition) is 1. The first-order valence-electron chi connectivity index (χ1n) is 10.1. The van der Waals surface area contributed by atoms with E-state index < -0.39 is 27.6 Å². The van der Waals surface area contributed by atoms with Crippen molar-refractivity contribution < 1.29 is 27.5 Å². The van der Waals surface area contributed by atoms with E-state index in [1.54, 1.807) is 13.2 Å². The number of sulfonamides is 1. The molecule has 0 aliphatic carbocycles. The number of carbonyl (C=O) groups is 1. The van der Waals surface area contributed by atoms with Crippen molar-refractivity contribution in [2.75, 3.05) is 26.0 Å². The van der Waals surface area contributed by atoms with Crippen molar-refractivity contribution in [3.63, 3.8) is 0 Å². The van der Waals surface area contributed by atoms with Crippen molar-refractivity contribution in [1.29, 1.82) is 0 Å². The molecule has 170 valence electrons. The van der Waals surface area contributed by atoms with Crippen molar-refractivity contribution in [2.45, 2.75) is 24.8 Å². The third-order valence-corrected chi connectivity index (χ3v) is 7.33. The van der Waals surface area contributed by atoms with E-state index in [9.17, 15) is 22.8 Å². The monoisotopic (exact) mass is 460 g/mol. The van der Waals surface area contributed by atoms with E-state index >= 15 is 0 Å². The molecule has 7 nitrogen and oxygen atoms in total. The molecule has 1 amide bonds. The van der Waals surface area contributed by atoms with Crippen LogP contribution in [0.2, 0.25) is 0 Å². The van der Waals surface area contributed by atoms with Gasteiger partial charge in [-0.3, -0.25) is 10.0 Å². The first-order chi connectivity index (χ1) is 15.3. The van der Waals surface area contributed by atoms with E-state index in [2.05, 4.69) is 11.8 Å². The highest BCUT2D eigenvalue weighted by atomic mass is 32.2. The Hall–Kier alpha value is -2.93. The Bertz CT molecular complexity index is 1090. The Balaban J connectivity index is 1.67. The normalized spacial score (nSPS) is 16.0. The highest BCUT2D eigenvalue weighted by Crippen LogP contribution is 2.30.